The van der Waals surface area contributed by atoms with Gasteiger partial charge in [-0.2, -0.15) is 0 Å². The van der Waals surface area contributed by atoms with Gasteiger partial charge < -0.3 is 9.84 Å². The van der Waals surface area contributed by atoms with E-state index in [2.05, 4.69) is 37.7 Å². The zero-order chi connectivity index (χ0) is 14.5. The molecule has 102 valence electrons. The maximum Gasteiger partial charge on any atom is 0.129 e. The molecule has 2 nitrogen and oxygen atoms in total. The van der Waals surface area contributed by atoms with Crippen molar-refractivity contribution in [2.24, 2.45) is 0 Å². The number of hydrogen-bond acceptors (Lipinski definition) is 2. The Balaban J connectivity index is 3.21. The van der Waals surface area contributed by atoms with Gasteiger partial charge in [-0.05, 0) is 24.6 Å². The first-order valence-corrected chi connectivity index (χ1v) is 9.87. The van der Waals surface area contributed by atoms with Gasteiger partial charge in [-0.1, -0.05) is 31.6 Å². The number of hydrogen-bond donors (Lipinski definition) is 1. The SMILES string of the molecule is C=CC[C@H](O)c1cc(OC)ccc1C#C[Si](C)(C)C. The second-order valence-electron chi connectivity index (χ2n) is 5.49. The van der Waals surface area contributed by atoms with Gasteiger partial charge in [0.2, 0.25) is 0 Å². The van der Waals surface area contributed by atoms with Crippen LogP contribution in [0.1, 0.15) is 23.7 Å². The zero-order valence-electron chi connectivity index (χ0n) is 12.2. The van der Waals surface area contributed by atoms with Crippen molar-refractivity contribution < 1.29 is 9.84 Å². The molecule has 1 aromatic rings. The van der Waals surface area contributed by atoms with E-state index in [9.17, 15) is 5.11 Å². The third-order valence-corrected chi connectivity index (χ3v) is 3.45. The Labute approximate surface area is 117 Å². The third kappa shape index (κ3) is 4.94. The zero-order valence-corrected chi connectivity index (χ0v) is 13.2. The number of aliphatic hydroxyl groups is 1. The first-order valence-electron chi connectivity index (χ1n) is 6.37. The second kappa shape index (κ2) is 6.60. The minimum Gasteiger partial charge on any atom is -0.497 e. The van der Waals surface area contributed by atoms with Crippen molar-refractivity contribution in [2.75, 3.05) is 7.11 Å². The molecule has 0 radical (unpaired) electrons. The quantitative estimate of drug-likeness (QED) is 0.517. The van der Waals surface area contributed by atoms with Crippen molar-refractivity contribution in [3.8, 4) is 17.2 Å². The molecule has 0 aromatic heterocycles. The first-order chi connectivity index (χ1) is 8.87. The van der Waals surface area contributed by atoms with Gasteiger partial charge in [0.05, 0.1) is 13.2 Å². The first kappa shape index (κ1) is 15.6. The Kier molecular flexibility index (Phi) is 5.40. The summed E-state index contributed by atoms with van der Waals surface area (Å²) in [6.45, 7) is 10.3. The molecular weight excluding hydrogens is 252 g/mol. The van der Waals surface area contributed by atoms with E-state index in [4.69, 9.17) is 4.74 Å². The summed E-state index contributed by atoms with van der Waals surface area (Å²) in [6.07, 6.45) is 1.63. The smallest absolute Gasteiger partial charge is 0.129 e. The summed E-state index contributed by atoms with van der Waals surface area (Å²) in [6, 6.07) is 5.63. The molecule has 0 aliphatic heterocycles. The molecule has 0 aliphatic carbocycles. The average molecular weight is 274 g/mol. The van der Waals surface area contributed by atoms with Gasteiger partial charge in [-0.3, -0.25) is 0 Å². The van der Waals surface area contributed by atoms with Crippen molar-refractivity contribution >= 4 is 8.07 Å². The Hall–Kier alpha value is -1.50. The Morgan fingerprint density at radius 1 is 1.42 bits per heavy atom. The monoisotopic (exact) mass is 274 g/mol. The molecule has 1 aromatic carbocycles. The maximum absolute atomic E-state index is 10.2. The Morgan fingerprint density at radius 3 is 2.63 bits per heavy atom. The summed E-state index contributed by atoms with van der Waals surface area (Å²) in [4.78, 5) is 0. The van der Waals surface area contributed by atoms with Crippen LogP contribution in [0.15, 0.2) is 30.9 Å². The highest BCUT2D eigenvalue weighted by molar-refractivity contribution is 6.83. The minimum absolute atomic E-state index is 0.509. The van der Waals surface area contributed by atoms with E-state index in [1.807, 2.05) is 18.2 Å². The molecule has 0 amide bonds. The third-order valence-electron chi connectivity index (χ3n) is 2.58. The van der Waals surface area contributed by atoms with Crippen molar-refractivity contribution in [1.29, 1.82) is 0 Å². The second-order valence-corrected chi connectivity index (χ2v) is 10.2. The molecule has 3 heteroatoms. The van der Waals surface area contributed by atoms with E-state index < -0.39 is 14.2 Å². The molecule has 0 heterocycles. The van der Waals surface area contributed by atoms with Crippen LogP contribution in [-0.2, 0) is 0 Å². The standard InChI is InChI=1S/C16H22O2Si/c1-6-7-16(17)15-12-14(18-2)9-8-13(15)10-11-19(3,4)5/h6,8-9,12,16-17H,1,7H2,2-5H3/t16-/m0/s1. The molecule has 0 saturated heterocycles. The van der Waals surface area contributed by atoms with E-state index in [1.54, 1.807) is 13.2 Å². The largest absolute Gasteiger partial charge is 0.497 e. The average Bonchev–Trinajstić information content (AvgIpc) is 2.35. The fourth-order valence-electron chi connectivity index (χ4n) is 1.60. The van der Waals surface area contributed by atoms with Crippen molar-refractivity contribution in [3.05, 3.63) is 42.0 Å². The molecule has 1 atom stereocenters. The van der Waals surface area contributed by atoms with Gasteiger partial charge in [-0.25, -0.2) is 0 Å². The minimum atomic E-state index is -1.43. The fraction of sp³-hybridized carbons (Fsp3) is 0.375. The van der Waals surface area contributed by atoms with Crippen LogP contribution in [0.4, 0.5) is 0 Å². The summed E-state index contributed by atoms with van der Waals surface area (Å²) in [5, 5.41) is 10.2. The van der Waals surface area contributed by atoms with E-state index in [0.717, 1.165) is 16.9 Å². The fourth-order valence-corrected chi connectivity index (χ4v) is 2.11. The molecule has 0 aliphatic rings. The number of ether oxygens (including phenoxy) is 1. The molecule has 0 fully saturated rings. The van der Waals surface area contributed by atoms with Gasteiger partial charge in [0.1, 0.15) is 13.8 Å². The number of methoxy groups -OCH3 is 1. The van der Waals surface area contributed by atoms with E-state index >= 15 is 0 Å². The Bertz CT molecular complexity index is 504. The van der Waals surface area contributed by atoms with Gasteiger partial charge in [-0.15, -0.1) is 12.1 Å². The normalized spacial score (nSPS) is 12.3. The van der Waals surface area contributed by atoms with Gasteiger partial charge >= 0.3 is 0 Å². The Morgan fingerprint density at radius 2 is 2.11 bits per heavy atom. The number of benzene rings is 1. The van der Waals surface area contributed by atoms with Crippen molar-refractivity contribution in [1.82, 2.24) is 0 Å². The lowest BCUT2D eigenvalue weighted by Crippen LogP contribution is -2.16. The molecule has 0 bridgehead atoms. The molecular formula is C16H22O2Si. The lowest BCUT2D eigenvalue weighted by molar-refractivity contribution is 0.181. The van der Waals surface area contributed by atoms with Crippen molar-refractivity contribution in [3.63, 3.8) is 0 Å². The van der Waals surface area contributed by atoms with Crippen LogP contribution in [0.3, 0.4) is 0 Å². The van der Waals surface area contributed by atoms with E-state index in [0.29, 0.717) is 6.42 Å². The summed E-state index contributed by atoms with van der Waals surface area (Å²) in [5.41, 5.74) is 5.01. The van der Waals surface area contributed by atoms with E-state index in [1.165, 1.54) is 0 Å². The highest BCUT2D eigenvalue weighted by Gasteiger charge is 2.13. The van der Waals surface area contributed by atoms with Crippen LogP contribution < -0.4 is 4.74 Å². The van der Waals surface area contributed by atoms with Crippen molar-refractivity contribution in [2.45, 2.75) is 32.2 Å². The number of aliphatic hydroxyl groups excluding tert-OH is 1. The van der Waals surface area contributed by atoms with Gasteiger partial charge in [0.15, 0.2) is 0 Å². The molecule has 19 heavy (non-hydrogen) atoms. The summed E-state index contributed by atoms with van der Waals surface area (Å²) in [5.74, 6) is 3.94. The maximum atomic E-state index is 10.2. The summed E-state index contributed by atoms with van der Waals surface area (Å²) >= 11 is 0. The van der Waals surface area contributed by atoms with Crippen LogP contribution in [0.5, 0.6) is 5.75 Å². The number of rotatable bonds is 4. The topological polar surface area (TPSA) is 29.5 Å². The van der Waals surface area contributed by atoms with Gasteiger partial charge in [0, 0.05) is 11.1 Å². The van der Waals surface area contributed by atoms with Crippen LogP contribution >= 0.6 is 0 Å². The summed E-state index contributed by atoms with van der Waals surface area (Å²) in [7, 11) is 0.185. The van der Waals surface area contributed by atoms with E-state index in [-0.39, 0.29) is 0 Å². The molecule has 0 spiro atoms. The van der Waals surface area contributed by atoms with Gasteiger partial charge in [0.25, 0.3) is 0 Å². The molecule has 0 unspecified atom stereocenters. The predicted octanol–water partition coefficient (Wildman–Crippen LogP) is 3.53. The highest BCUT2D eigenvalue weighted by Crippen LogP contribution is 2.25. The lowest BCUT2D eigenvalue weighted by atomic mass is 10.0. The summed E-state index contributed by atoms with van der Waals surface area (Å²) < 4.78 is 5.21. The molecule has 1 N–H and O–H groups in total. The lowest BCUT2D eigenvalue weighted by Gasteiger charge is -2.13. The molecule has 1 rings (SSSR count). The molecule has 0 saturated carbocycles. The predicted molar refractivity (Wildman–Crippen MR) is 83.0 cm³/mol. The van der Waals surface area contributed by atoms with Crippen LogP contribution in [0.2, 0.25) is 19.6 Å². The highest BCUT2D eigenvalue weighted by atomic mass is 28.3. The van der Waals surface area contributed by atoms with Crippen LogP contribution in [0, 0.1) is 11.5 Å². The van der Waals surface area contributed by atoms with Crippen LogP contribution in [0.25, 0.3) is 0 Å². The van der Waals surface area contributed by atoms with Crippen LogP contribution in [-0.4, -0.2) is 20.3 Å².